The molecule has 1 amide bonds. The number of aryl methyl sites for hydroxylation is 1. The maximum absolute atomic E-state index is 11.7. The zero-order valence-electron chi connectivity index (χ0n) is 12.7. The number of hydrogen-bond acceptors (Lipinski definition) is 5. The van der Waals surface area contributed by atoms with E-state index >= 15 is 0 Å². The van der Waals surface area contributed by atoms with Crippen molar-refractivity contribution in [2.24, 2.45) is 0 Å². The van der Waals surface area contributed by atoms with Crippen LogP contribution in [-0.2, 0) is 11.2 Å². The summed E-state index contributed by atoms with van der Waals surface area (Å²) in [6.07, 6.45) is 5.64. The summed E-state index contributed by atoms with van der Waals surface area (Å²) < 4.78 is 0. The van der Waals surface area contributed by atoms with Gasteiger partial charge in [0.15, 0.2) is 5.13 Å². The molecule has 1 saturated heterocycles. The lowest BCUT2D eigenvalue weighted by atomic mass is 9.98. The van der Waals surface area contributed by atoms with Crippen LogP contribution in [0.5, 0.6) is 0 Å². The van der Waals surface area contributed by atoms with Crippen LogP contribution in [0.15, 0.2) is 0 Å². The fourth-order valence-electron chi connectivity index (χ4n) is 3.02. The molecule has 2 aliphatic rings. The first-order chi connectivity index (χ1) is 10.3. The second kappa shape index (κ2) is 6.75. The summed E-state index contributed by atoms with van der Waals surface area (Å²) in [7, 11) is 0. The van der Waals surface area contributed by atoms with Crippen molar-refractivity contribution in [3.8, 4) is 0 Å². The lowest BCUT2D eigenvalue weighted by Gasteiger charge is -2.22. The van der Waals surface area contributed by atoms with Gasteiger partial charge in [-0.25, -0.2) is 4.98 Å². The van der Waals surface area contributed by atoms with Crippen LogP contribution >= 0.6 is 11.3 Å². The minimum Gasteiger partial charge on any atom is -0.354 e. The average molecular weight is 308 g/mol. The summed E-state index contributed by atoms with van der Waals surface area (Å²) in [5, 5.41) is 7.59. The van der Waals surface area contributed by atoms with E-state index in [2.05, 4.69) is 22.5 Å². The molecule has 0 spiro atoms. The highest BCUT2D eigenvalue weighted by Crippen LogP contribution is 2.37. The molecule has 1 unspecified atom stereocenters. The molecule has 6 heteroatoms. The Morgan fingerprint density at radius 3 is 3.24 bits per heavy atom. The molecule has 1 atom stereocenters. The van der Waals surface area contributed by atoms with Crippen molar-refractivity contribution in [1.29, 1.82) is 0 Å². The predicted octanol–water partition coefficient (Wildman–Crippen LogP) is 1.85. The predicted molar refractivity (Wildman–Crippen MR) is 85.9 cm³/mol. The molecule has 0 saturated carbocycles. The van der Waals surface area contributed by atoms with E-state index in [-0.39, 0.29) is 5.91 Å². The SMILES string of the molecule is CCCNC1CCCc2nc(N3CCCNC(=O)C3)sc21. The van der Waals surface area contributed by atoms with E-state index in [1.165, 1.54) is 23.4 Å². The molecule has 2 N–H and O–H groups in total. The van der Waals surface area contributed by atoms with Gasteiger partial charge < -0.3 is 15.5 Å². The van der Waals surface area contributed by atoms with Crippen LogP contribution in [0.4, 0.5) is 5.13 Å². The van der Waals surface area contributed by atoms with Crippen LogP contribution in [-0.4, -0.2) is 37.1 Å². The Labute approximate surface area is 130 Å². The summed E-state index contributed by atoms with van der Waals surface area (Å²) in [4.78, 5) is 20.1. The van der Waals surface area contributed by atoms with Gasteiger partial charge in [-0.05, 0) is 38.6 Å². The Balaban J connectivity index is 1.78. The van der Waals surface area contributed by atoms with E-state index in [1.54, 1.807) is 11.3 Å². The number of rotatable bonds is 4. The Hall–Kier alpha value is -1.14. The van der Waals surface area contributed by atoms with Gasteiger partial charge in [0.25, 0.3) is 0 Å². The Bertz CT molecular complexity index is 502. The molecular weight excluding hydrogens is 284 g/mol. The number of nitrogens with one attached hydrogen (secondary N) is 2. The lowest BCUT2D eigenvalue weighted by molar-refractivity contribution is -0.119. The first-order valence-electron chi connectivity index (χ1n) is 8.02. The van der Waals surface area contributed by atoms with Gasteiger partial charge in [-0.1, -0.05) is 18.3 Å². The fourth-order valence-corrected chi connectivity index (χ4v) is 4.27. The summed E-state index contributed by atoms with van der Waals surface area (Å²) in [5.74, 6) is 0.112. The number of aromatic nitrogens is 1. The minimum absolute atomic E-state index is 0.112. The summed E-state index contributed by atoms with van der Waals surface area (Å²) in [5.41, 5.74) is 1.25. The summed E-state index contributed by atoms with van der Waals surface area (Å²) >= 11 is 1.78. The molecule has 1 aromatic rings. The fraction of sp³-hybridized carbons (Fsp3) is 0.733. The third kappa shape index (κ3) is 3.37. The van der Waals surface area contributed by atoms with E-state index in [4.69, 9.17) is 4.98 Å². The number of nitrogens with zero attached hydrogens (tertiary/aromatic N) is 2. The van der Waals surface area contributed by atoms with Gasteiger partial charge in [-0.15, -0.1) is 0 Å². The van der Waals surface area contributed by atoms with Gasteiger partial charge >= 0.3 is 0 Å². The Kier molecular flexibility index (Phi) is 4.75. The molecule has 0 radical (unpaired) electrons. The topological polar surface area (TPSA) is 57.3 Å². The summed E-state index contributed by atoms with van der Waals surface area (Å²) in [6.45, 7) is 5.40. The molecule has 0 aromatic carbocycles. The number of thiazole rings is 1. The molecule has 0 bridgehead atoms. The van der Waals surface area contributed by atoms with Crippen molar-refractivity contribution in [2.45, 2.75) is 45.1 Å². The van der Waals surface area contributed by atoms with Crippen LogP contribution in [0.25, 0.3) is 0 Å². The Morgan fingerprint density at radius 2 is 2.38 bits per heavy atom. The van der Waals surface area contributed by atoms with Crippen molar-refractivity contribution in [2.75, 3.05) is 31.1 Å². The smallest absolute Gasteiger partial charge is 0.239 e. The van der Waals surface area contributed by atoms with Crippen LogP contribution in [0.3, 0.4) is 0 Å². The molecule has 116 valence electrons. The lowest BCUT2D eigenvalue weighted by Crippen LogP contribution is -2.32. The van der Waals surface area contributed by atoms with Crippen LogP contribution in [0, 0.1) is 0 Å². The number of fused-ring (bicyclic) bond motifs is 1. The molecule has 21 heavy (non-hydrogen) atoms. The third-order valence-corrected chi connectivity index (χ3v) is 5.38. The largest absolute Gasteiger partial charge is 0.354 e. The van der Waals surface area contributed by atoms with Gasteiger partial charge in [0.2, 0.25) is 5.91 Å². The van der Waals surface area contributed by atoms with Crippen LogP contribution in [0.2, 0.25) is 0 Å². The van der Waals surface area contributed by atoms with Gasteiger partial charge in [0.1, 0.15) is 0 Å². The van der Waals surface area contributed by atoms with Crippen molar-refractivity contribution in [3.05, 3.63) is 10.6 Å². The van der Waals surface area contributed by atoms with E-state index < -0.39 is 0 Å². The number of amides is 1. The molecular formula is C15H24N4OS. The molecule has 5 nitrogen and oxygen atoms in total. The monoisotopic (exact) mass is 308 g/mol. The number of carbonyl (C=O) groups excluding carboxylic acids is 1. The number of anilines is 1. The normalized spacial score (nSPS) is 22.6. The second-order valence-corrected chi connectivity index (χ2v) is 6.84. The van der Waals surface area contributed by atoms with Crippen molar-refractivity contribution in [3.63, 3.8) is 0 Å². The van der Waals surface area contributed by atoms with Crippen molar-refractivity contribution < 1.29 is 4.79 Å². The molecule has 2 heterocycles. The summed E-state index contributed by atoms with van der Waals surface area (Å²) in [6, 6.07) is 0.459. The van der Waals surface area contributed by atoms with Gasteiger partial charge in [0, 0.05) is 24.0 Å². The minimum atomic E-state index is 0.112. The highest BCUT2D eigenvalue weighted by atomic mass is 32.1. The van der Waals surface area contributed by atoms with E-state index in [0.29, 0.717) is 12.6 Å². The molecule has 1 fully saturated rings. The van der Waals surface area contributed by atoms with E-state index in [0.717, 1.165) is 44.0 Å². The molecule has 1 aromatic heterocycles. The van der Waals surface area contributed by atoms with Gasteiger partial charge in [-0.3, -0.25) is 4.79 Å². The van der Waals surface area contributed by atoms with Crippen molar-refractivity contribution >= 4 is 22.4 Å². The second-order valence-electron chi connectivity index (χ2n) is 5.83. The van der Waals surface area contributed by atoms with E-state index in [9.17, 15) is 4.79 Å². The molecule has 1 aliphatic carbocycles. The first-order valence-corrected chi connectivity index (χ1v) is 8.84. The standard InChI is InChI=1S/C15H24N4OS/c1-2-7-16-11-5-3-6-12-14(11)21-15(18-12)19-9-4-8-17-13(20)10-19/h11,16H,2-10H2,1H3,(H,17,20). The van der Waals surface area contributed by atoms with Crippen molar-refractivity contribution in [1.82, 2.24) is 15.6 Å². The molecule has 1 aliphatic heterocycles. The quantitative estimate of drug-likeness (QED) is 0.891. The van der Waals surface area contributed by atoms with Crippen LogP contribution in [0.1, 0.15) is 49.2 Å². The van der Waals surface area contributed by atoms with Crippen LogP contribution < -0.4 is 15.5 Å². The average Bonchev–Trinajstić information content (AvgIpc) is 2.81. The van der Waals surface area contributed by atoms with Gasteiger partial charge in [0.05, 0.1) is 12.2 Å². The third-order valence-electron chi connectivity index (χ3n) is 4.11. The number of hydrogen-bond donors (Lipinski definition) is 2. The Morgan fingerprint density at radius 1 is 1.48 bits per heavy atom. The van der Waals surface area contributed by atoms with Gasteiger partial charge in [-0.2, -0.15) is 0 Å². The zero-order valence-corrected chi connectivity index (χ0v) is 13.5. The first kappa shape index (κ1) is 14.8. The van der Waals surface area contributed by atoms with E-state index in [1.807, 2.05) is 0 Å². The molecule has 3 rings (SSSR count). The maximum Gasteiger partial charge on any atom is 0.239 e. The highest BCUT2D eigenvalue weighted by molar-refractivity contribution is 7.15. The zero-order chi connectivity index (χ0) is 14.7. The maximum atomic E-state index is 11.7. The number of carbonyl (C=O) groups is 1. The highest BCUT2D eigenvalue weighted by Gasteiger charge is 2.26.